The van der Waals surface area contributed by atoms with Crippen molar-refractivity contribution in [1.82, 2.24) is 0 Å². The van der Waals surface area contributed by atoms with E-state index in [1.807, 2.05) is 0 Å². The highest BCUT2D eigenvalue weighted by atomic mass is 14.2. The monoisotopic (exact) mass is 220 g/mol. The number of benzene rings is 1. The van der Waals surface area contributed by atoms with E-state index in [1.54, 1.807) is 0 Å². The predicted molar refractivity (Wildman–Crippen MR) is 73.6 cm³/mol. The van der Waals surface area contributed by atoms with E-state index in [0.29, 0.717) is 5.92 Å². The second kappa shape index (κ2) is 4.21. The lowest BCUT2D eigenvalue weighted by molar-refractivity contribution is 0.793. The van der Waals surface area contributed by atoms with Gasteiger partial charge in [0.15, 0.2) is 0 Å². The minimum Gasteiger partial charge on any atom is -0.0767 e. The maximum absolute atomic E-state index is 2.30. The summed E-state index contributed by atoms with van der Waals surface area (Å²) in [4.78, 5) is 0. The van der Waals surface area contributed by atoms with Crippen molar-refractivity contribution in [3.63, 3.8) is 0 Å². The first-order chi connectivity index (χ1) is 8.33. The molecule has 0 nitrogen and oxygen atoms in total. The van der Waals surface area contributed by atoms with Gasteiger partial charge in [-0.2, -0.15) is 0 Å². The normalized spacial score (nSPS) is 21.8. The molecule has 0 saturated carbocycles. The summed E-state index contributed by atoms with van der Waals surface area (Å²) in [5, 5.41) is 0. The van der Waals surface area contributed by atoms with Crippen molar-refractivity contribution in [3.05, 3.63) is 77.4 Å². The van der Waals surface area contributed by atoms with Crippen LogP contribution in [0.1, 0.15) is 17.5 Å². The summed E-state index contributed by atoms with van der Waals surface area (Å²) in [6, 6.07) is 8.82. The maximum atomic E-state index is 2.30. The van der Waals surface area contributed by atoms with Gasteiger partial charge in [0.1, 0.15) is 0 Å². The summed E-state index contributed by atoms with van der Waals surface area (Å²) < 4.78 is 0. The van der Waals surface area contributed by atoms with Gasteiger partial charge in [-0.05, 0) is 30.1 Å². The average molecular weight is 220 g/mol. The Hall–Kier alpha value is -1.82. The molecule has 84 valence electrons. The maximum Gasteiger partial charge on any atom is 0.00617 e. The van der Waals surface area contributed by atoms with Crippen LogP contribution >= 0.6 is 0 Å². The summed E-state index contributed by atoms with van der Waals surface area (Å²) in [6.45, 7) is 2.13. The van der Waals surface area contributed by atoms with Crippen LogP contribution in [0.3, 0.4) is 0 Å². The molecule has 1 atom stereocenters. The minimum absolute atomic E-state index is 0.571. The second-order valence-corrected chi connectivity index (χ2v) is 4.78. The molecule has 0 bridgehead atoms. The van der Waals surface area contributed by atoms with Crippen LogP contribution in [0.15, 0.2) is 66.3 Å². The van der Waals surface area contributed by atoms with Crippen molar-refractivity contribution in [2.24, 2.45) is 5.92 Å². The minimum atomic E-state index is 0.571. The van der Waals surface area contributed by atoms with Gasteiger partial charge < -0.3 is 0 Å². The summed E-state index contributed by atoms with van der Waals surface area (Å²) >= 11 is 0. The smallest absolute Gasteiger partial charge is 0.00617 e. The summed E-state index contributed by atoms with van der Waals surface area (Å²) in [7, 11) is 0. The Bertz CT molecular complexity index is 536. The highest BCUT2D eigenvalue weighted by Gasteiger charge is 2.17. The summed E-state index contributed by atoms with van der Waals surface area (Å²) in [5.41, 5.74) is 5.55. The first-order valence-corrected chi connectivity index (χ1v) is 6.15. The van der Waals surface area contributed by atoms with E-state index >= 15 is 0 Å². The van der Waals surface area contributed by atoms with E-state index in [-0.39, 0.29) is 0 Å². The van der Waals surface area contributed by atoms with E-state index < -0.39 is 0 Å². The van der Waals surface area contributed by atoms with Crippen molar-refractivity contribution < 1.29 is 0 Å². The Balaban J connectivity index is 1.93. The van der Waals surface area contributed by atoms with Gasteiger partial charge in [-0.1, -0.05) is 66.3 Å². The van der Waals surface area contributed by atoms with Crippen LogP contribution in [0, 0.1) is 12.8 Å². The third kappa shape index (κ3) is 2.03. The van der Waals surface area contributed by atoms with Gasteiger partial charge in [0.25, 0.3) is 0 Å². The predicted octanol–water partition coefficient (Wildman–Crippen LogP) is 4.45. The molecule has 3 rings (SSSR count). The molecule has 0 amide bonds. The zero-order valence-corrected chi connectivity index (χ0v) is 10.1. The molecule has 1 aromatic carbocycles. The van der Waals surface area contributed by atoms with Gasteiger partial charge in [0.2, 0.25) is 0 Å². The Kier molecular flexibility index (Phi) is 2.56. The largest absolute Gasteiger partial charge is 0.0767 e. The van der Waals surface area contributed by atoms with Crippen LogP contribution in [-0.2, 0) is 0 Å². The van der Waals surface area contributed by atoms with Crippen LogP contribution < -0.4 is 0 Å². The molecule has 0 heteroatoms. The van der Waals surface area contributed by atoms with Crippen molar-refractivity contribution in [2.45, 2.75) is 13.3 Å². The molecule has 0 spiro atoms. The molecule has 0 heterocycles. The Labute approximate surface area is 103 Å². The van der Waals surface area contributed by atoms with E-state index in [9.17, 15) is 0 Å². The van der Waals surface area contributed by atoms with Crippen LogP contribution in [0.2, 0.25) is 0 Å². The quantitative estimate of drug-likeness (QED) is 0.656. The molecule has 0 N–H and O–H groups in total. The average Bonchev–Trinajstić information content (AvgIpc) is 2.39. The van der Waals surface area contributed by atoms with Gasteiger partial charge in [-0.25, -0.2) is 0 Å². The third-order valence-electron chi connectivity index (χ3n) is 3.51. The van der Waals surface area contributed by atoms with Crippen LogP contribution in [0.25, 0.3) is 5.57 Å². The molecular formula is C17H16. The first kappa shape index (κ1) is 10.3. The molecule has 0 aromatic heterocycles. The number of fused-ring (bicyclic) bond motifs is 1. The van der Waals surface area contributed by atoms with Gasteiger partial charge >= 0.3 is 0 Å². The SMILES string of the molecule is Cc1ccc(C2=CC=C3C=CC=CC3C2)cc1. The molecule has 0 radical (unpaired) electrons. The molecule has 1 unspecified atom stereocenters. The number of allylic oxidation sites excluding steroid dienone is 8. The van der Waals surface area contributed by atoms with Crippen LogP contribution in [0.5, 0.6) is 0 Å². The fraction of sp³-hybridized carbons (Fsp3) is 0.176. The number of hydrogen-bond acceptors (Lipinski definition) is 0. The Morgan fingerprint density at radius 3 is 2.65 bits per heavy atom. The van der Waals surface area contributed by atoms with E-state index in [4.69, 9.17) is 0 Å². The number of aryl methyl sites for hydroxylation is 1. The van der Waals surface area contributed by atoms with Gasteiger partial charge in [0.05, 0.1) is 0 Å². The topological polar surface area (TPSA) is 0 Å². The molecule has 1 aromatic rings. The van der Waals surface area contributed by atoms with Crippen molar-refractivity contribution in [3.8, 4) is 0 Å². The fourth-order valence-electron chi connectivity index (χ4n) is 2.45. The van der Waals surface area contributed by atoms with Gasteiger partial charge in [-0.15, -0.1) is 0 Å². The lowest BCUT2D eigenvalue weighted by Gasteiger charge is -2.22. The van der Waals surface area contributed by atoms with Crippen LogP contribution in [0.4, 0.5) is 0 Å². The van der Waals surface area contributed by atoms with E-state index in [2.05, 4.69) is 67.6 Å². The zero-order chi connectivity index (χ0) is 11.7. The second-order valence-electron chi connectivity index (χ2n) is 4.78. The first-order valence-electron chi connectivity index (χ1n) is 6.15. The lowest BCUT2D eigenvalue weighted by Crippen LogP contribution is -2.06. The summed E-state index contributed by atoms with van der Waals surface area (Å²) in [5.74, 6) is 0.571. The van der Waals surface area contributed by atoms with Crippen molar-refractivity contribution in [2.75, 3.05) is 0 Å². The van der Waals surface area contributed by atoms with Crippen LogP contribution in [-0.4, -0.2) is 0 Å². The van der Waals surface area contributed by atoms with Crippen molar-refractivity contribution in [1.29, 1.82) is 0 Å². The molecule has 2 aliphatic carbocycles. The summed E-state index contributed by atoms with van der Waals surface area (Å²) in [6.07, 6.45) is 14.4. The van der Waals surface area contributed by atoms with E-state index in [0.717, 1.165) is 6.42 Å². The standard InChI is InChI=1S/C17H16/c1-13-6-8-15(9-7-13)17-11-10-14-4-2-3-5-16(14)12-17/h2-11,16H,12H2,1H3. The molecule has 0 saturated heterocycles. The van der Waals surface area contributed by atoms with Gasteiger partial charge in [0, 0.05) is 5.92 Å². The molecule has 2 aliphatic rings. The van der Waals surface area contributed by atoms with E-state index in [1.165, 1.54) is 22.3 Å². The van der Waals surface area contributed by atoms with Crippen molar-refractivity contribution >= 4 is 5.57 Å². The zero-order valence-electron chi connectivity index (χ0n) is 10.1. The number of rotatable bonds is 1. The Morgan fingerprint density at radius 1 is 1.00 bits per heavy atom. The molecule has 17 heavy (non-hydrogen) atoms. The lowest BCUT2D eigenvalue weighted by atomic mass is 9.82. The Morgan fingerprint density at radius 2 is 1.82 bits per heavy atom. The third-order valence-corrected chi connectivity index (χ3v) is 3.51. The number of hydrogen-bond donors (Lipinski definition) is 0. The highest BCUT2D eigenvalue weighted by molar-refractivity contribution is 5.70. The molecule has 0 aliphatic heterocycles. The molecule has 0 fully saturated rings. The fourth-order valence-corrected chi connectivity index (χ4v) is 2.45. The molecular weight excluding hydrogens is 204 g/mol. The van der Waals surface area contributed by atoms with Gasteiger partial charge in [-0.3, -0.25) is 0 Å². The highest BCUT2D eigenvalue weighted by Crippen LogP contribution is 2.34.